The molecule has 85 heavy (non-hydrogen) atoms. The Balaban J connectivity index is 4.38. The Bertz CT molecular complexity index is 2140. The molecule has 0 heterocycles. The van der Waals surface area contributed by atoms with E-state index >= 15 is 0 Å². The van der Waals surface area contributed by atoms with Crippen molar-refractivity contribution in [3.05, 3.63) is 207 Å². The lowest BCUT2D eigenvalue weighted by atomic mass is 10.1. The van der Waals surface area contributed by atoms with Gasteiger partial charge in [0.1, 0.15) is 13.2 Å². The summed E-state index contributed by atoms with van der Waals surface area (Å²) in [6.07, 6.45) is 97.7. The smallest absolute Gasteiger partial charge is 0.361 e. The summed E-state index contributed by atoms with van der Waals surface area (Å²) < 4.78 is 22.8. The third-order valence-electron chi connectivity index (χ3n) is 12.5. The van der Waals surface area contributed by atoms with Crippen LogP contribution in [0.25, 0.3) is 0 Å². The van der Waals surface area contributed by atoms with Crippen LogP contribution in [0, 0.1) is 0 Å². The first-order valence-corrected chi connectivity index (χ1v) is 32.2. The maximum absolute atomic E-state index is 12.9. The number of hydrogen-bond acceptors (Lipinski definition) is 7. The molecule has 9 heteroatoms. The highest BCUT2D eigenvalue weighted by molar-refractivity contribution is 5.71. The number of unbranched alkanes of at least 4 members (excludes halogenated alkanes) is 7. The molecule has 2 atom stereocenters. The topological polar surface area (TPSA) is 108 Å². The van der Waals surface area contributed by atoms with Crippen molar-refractivity contribution in [2.45, 2.75) is 206 Å². The van der Waals surface area contributed by atoms with E-state index in [2.05, 4.69) is 220 Å². The minimum absolute atomic E-state index is 0.163. The molecule has 0 aliphatic heterocycles. The summed E-state index contributed by atoms with van der Waals surface area (Å²) in [4.78, 5) is 37.5. The van der Waals surface area contributed by atoms with Crippen LogP contribution in [-0.2, 0) is 33.3 Å². The summed E-state index contributed by atoms with van der Waals surface area (Å²) in [5, 5.41) is 9.73. The summed E-state index contributed by atoms with van der Waals surface area (Å²) in [6.45, 7) is 4.54. The molecule has 0 saturated carbocycles. The molecular formula is C76H116NO8+. The van der Waals surface area contributed by atoms with E-state index in [1.165, 1.54) is 0 Å². The summed E-state index contributed by atoms with van der Waals surface area (Å²) in [6, 6.07) is 0. The summed E-state index contributed by atoms with van der Waals surface area (Å²) in [5.41, 5.74) is 0. The maximum Gasteiger partial charge on any atom is 0.361 e. The van der Waals surface area contributed by atoms with Gasteiger partial charge >= 0.3 is 17.9 Å². The van der Waals surface area contributed by atoms with E-state index in [4.69, 9.17) is 18.9 Å². The van der Waals surface area contributed by atoms with Crippen LogP contribution in [0.4, 0.5) is 0 Å². The van der Waals surface area contributed by atoms with Gasteiger partial charge in [0.05, 0.1) is 34.4 Å². The van der Waals surface area contributed by atoms with Crippen molar-refractivity contribution in [1.82, 2.24) is 0 Å². The molecule has 0 bridgehead atoms. The Labute approximate surface area is 518 Å². The van der Waals surface area contributed by atoms with Crippen molar-refractivity contribution in [2.24, 2.45) is 0 Å². The first-order chi connectivity index (χ1) is 41.6. The average Bonchev–Trinajstić information content (AvgIpc) is 3.48. The molecule has 0 aliphatic carbocycles. The number of hydrogen-bond donors (Lipinski definition) is 1. The van der Waals surface area contributed by atoms with Gasteiger partial charge in [0.15, 0.2) is 6.10 Å². The SMILES string of the molecule is CC/C=C\C/C=C\C/C=C\C/C=C\C/C=C\C/C=C\C/C=C\C/C=C\C/C=C\C/C=C\CCCCCCC(=O)OC(COC(=O)CCCCC/C=C\C/C=C\C/C=C\C/C=C\C/C=C\C/C=C\C/C=C\CC)COC(OCC[N+](C)(C)C)C(=O)O. The molecule has 472 valence electrons. The molecule has 0 aromatic heterocycles. The minimum atomic E-state index is -1.54. The normalized spacial score (nSPS) is 14.1. The van der Waals surface area contributed by atoms with Gasteiger partial charge in [-0.2, -0.15) is 0 Å². The van der Waals surface area contributed by atoms with Crippen LogP contribution < -0.4 is 0 Å². The average molecular weight is 1170 g/mol. The van der Waals surface area contributed by atoms with Crippen molar-refractivity contribution in [3.8, 4) is 0 Å². The number of carboxylic acid groups (broad SMARTS) is 1. The number of rotatable bonds is 56. The van der Waals surface area contributed by atoms with Gasteiger partial charge in [0, 0.05) is 12.8 Å². The predicted octanol–water partition coefficient (Wildman–Crippen LogP) is 20.0. The van der Waals surface area contributed by atoms with Gasteiger partial charge in [-0.15, -0.1) is 0 Å². The lowest BCUT2D eigenvalue weighted by Gasteiger charge is -2.25. The molecule has 0 aromatic carbocycles. The molecule has 0 fully saturated rings. The summed E-state index contributed by atoms with van der Waals surface area (Å²) in [5.74, 6) is -2.12. The van der Waals surface area contributed by atoms with Crippen LogP contribution in [0.2, 0.25) is 0 Å². The number of nitrogens with zero attached hydrogens (tertiary/aromatic N) is 1. The number of quaternary nitrogens is 1. The van der Waals surface area contributed by atoms with Gasteiger partial charge in [-0.05, 0) is 148 Å². The number of carboxylic acids is 1. The van der Waals surface area contributed by atoms with E-state index in [-0.39, 0.29) is 32.7 Å². The number of carbonyl (C=O) groups is 3. The van der Waals surface area contributed by atoms with Crippen LogP contribution >= 0.6 is 0 Å². The van der Waals surface area contributed by atoms with Gasteiger partial charge in [0.2, 0.25) is 0 Å². The molecule has 0 spiro atoms. The van der Waals surface area contributed by atoms with Crippen molar-refractivity contribution >= 4 is 17.9 Å². The first kappa shape index (κ1) is 78.9. The van der Waals surface area contributed by atoms with Crippen LogP contribution in [-0.4, -0.2) is 87.4 Å². The second kappa shape index (κ2) is 63.9. The molecule has 0 radical (unpaired) electrons. The molecule has 0 rings (SSSR count). The van der Waals surface area contributed by atoms with E-state index in [1.807, 2.05) is 21.1 Å². The highest BCUT2D eigenvalue weighted by Gasteiger charge is 2.25. The molecule has 2 unspecified atom stereocenters. The van der Waals surface area contributed by atoms with Gasteiger partial charge in [-0.25, -0.2) is 4.79 Å². The second-order valence-electron chi connectivity index (χ2n) is 21.6. The number of ether oxygens (including phenoxy) is 4. The lowest BCUT2D eigenvalue weighted by Crippen LogP contribution is -2.40. The zero-order chi connectivity index (χ0) is 61.9. The monoisotopic (exact) mass is 1170 g/mol. The largest absolute Gasteiger partial charge is 0.477 e. The van der Waals surface area contributed by atoms with Crippen LogP contribution in [0.15, 0.2) is 207 Å². The van der Waals surface area contributed by atoms with Crippen molar-refractivity contribution < 1.29 is 42.9 Å². The third-order valence-corrected chi connectivity index (χ3v) is 12.5. The molecule has 0 amide bonds. The Hall–Kier alpha value is -6.13. The van der Waals surface area contributed by atoms with Crippen LogP contribution in [0.5, 0.6) is 0 Å². The van der Waals surface area contributed by atoms with E-state index in [9.17, 15) is 19.5 Å². The van der Waals surface area contributed by atoms with E-state index < -0.39 is 30.3 Å². The Morgan fingerprint density at radius 2 is 0.635 bits per heavy atom. The maximum atomic E-state index is 12.9. The van der Waals surface area contributed by atoms with Gasteiger partial charge in [-0.3, -0.25) is 9.59 Å². The number of aliphatic carboxylic acids is 1. The predicted molar refractivity (Wildman–Crippen MR) is 363 cm³/mol. The van der Waals surface area contributed by atoms with Gasteiger partial charge in [-0.1, -0.05) is 240 Å². The van der Waals surface area contributed by atoms with Crippen LogP contribution in [0.1, 0.15) is 194 Å². The molecular weight excluding hydrogens is 1050 g/mol. The van der Waals surface area contributed by atoms with E-state index in [0.29, 0.717) is 23.9 Å². The second-order valence-corrected chi connectivity index (χ2v) is 21.6. The molecule has 1 N–H and O–H groups in total. The standard InChI is InChI=1S/C76H115NO8/c1-6-8-10-12-14-16-18-20-22-24-26-28-30-32-33-34-35-36-37-38-39-40-41-43-45-47-49-51-53-55-57-59-61-63-65-67-74(79)85-72(71-84-76(75(80)81)82-69-68-77(3,4)5)70-83-73(78)66-64-62-60-58-56-54-52-50-48-46-44-42-31-29-27-25-23-21-19-17-15-13-11-9-7-2/h8-11,14-17,20-23,26-29,32-33,35-36,38-39,41-44,47-50,53-56,72,76H,6-7,12-13,18-19,24-25,30-31,34,37,40,45-46,51-52,57-71H2,1-5H3/p+1/b10-8-,11-9-,16-14-,17-15-,22-20-,23-21-,28-26-,29-27-,33-32-,36-35-,39-38-,43-41-,44-42-,49-47-,50-48-,55-53-,56-54-. The van der Waals surface area contributed by atoms with Gasteiger partial charge < -0.3 is 28.5 Å². The minimum Gasteiger partial charge on any atom is -0.477 e. The first-order valence-electron chi connectivity index (χ1n) is 32.2. The number of likely N-dealkylation sites (N-methyl/N-ethyl adjacent to an activating group) is 1. The zero-order valence-corrected chi connectivity index (χ0v) is 53.7. The number of carbonyl (C=O) groups excluding carboxylic acids is 2. The summed E-state index contributed by atoms with van der Waals surface area (Å²) in [7, 11) is 5.93. The van der Waals surface area contributed by atoms with Gasteiger partial charge in [0.25, 0.3) is 6.29 Å². The quantitative estimate of drug-likeness (QED) is 0.0211. The highest BCUT2D eigenvalue weighted by Crippen LogP contribution is 2.12. The van der Waals surface area contributed by atoms with Crippen LogP contribution in [0.3, 0.4) is 0 Å². The fraction of sp³-hybridized carbons (Fsp3) is 0.513. The molecule has 0 aromatic rings. The fourth-order valence-corrected chi connectivity index (χ4v) is 7.67. The van der Waals surface area contributed by atoms with E-state index in [1.54, 1.807) is 0 Å². The van der Waals surface area contributed by atoms with Crippen molar-refractivity contribution in [1.29, 1.82) is 0 Å². The molecule has 9 nitrogen and oxygen atoms in total. The van der Waals surface area contributed by atoms with Crippen molar-refractivity contribution in [3.63, 3.8) is 0 Å². The van der Waals surface area contributed by atoms with Crippen molar-refractivity contribution in [2.75, 3.05) is 47.5 Å². The number of allylic oxidation sites excluding steroid dienone is 34. The van der Waals surface area contributed by atoms with E-state index in [0.717, 1.165) is 154 Å². The molecule has 0 aliphatic rings. The molecule has 0 saturated heterocycles. The fourth-order valence-electron chi connectivity index (χ4n) is 7.67. The third kappa shape index (κ3) is 65.3. The Kier molecular flexibility index (Phi) is 59.3. The summed E-state index contributed by atoms with van der Waals surface area (Å²) >= 11 is 0. The zero-order valence-electron chi connectivity index (χ0n) is 53.7. The Morgan fingerprint density at radius 1 is 0.353 bits per heavy atom. The highest BCUT2D eigenvalue weighted by atomic mass is 16.7. The lowest BCUT2D eigenvalue weighted by molar-refractivity contribution is -0.870. The number of esters is 2. The Morgan fingerprint density at radius 3 is 0.941 bits per heavy atom.